The Morgan fingerprint density at radius 1 is 1.13 bits per heavy atom. The molecule has 168 valence electrons. The van der Waals surface area contributed by atoms with Gasteiger partial charge in [0.15, 0.2) is 0 Å². The Morgan fingerprint density at radius 3 is 2.48 bits per heavy atom. The van der Waals surface area contributed by atoms with E-state index in [1.54, 1.807) is 0 Å². The van der Waals surface area contributed by atoms with Crippen molar-refractivity contribution < 1.29 is 38.0 Å². The first kappa shape index (κ1) is 22.4. The molecule has 5 nitrogen and oxygen atoms in total. The molecule has 1 saturated heterocycles. The summed E-state index contributed by atoms with van der Waals surface area (Å²) < 4.78 is 50.0. The normalized spacial score (nSPS) is 25.9. The van der Waals surface area contributed by atoms with Crippen LogP contribution in [0.5, 0.6) is 5.75 Å². The molecule has 0 saturated carbocycles. The van der Waals surface area contributed by atoms with Gasteiger partial charge in [0.25, 0.3) is 0 Å². The lowest BCUT2D eigenvalue weighted by Gasteiger charge is -2.37. The van der Waals surface area contributed by atoms with E-state index in [-0.39, 0.29) is 12.8 Å². The molecule has 2 aromatic rings. The third-order valence-corrected chi connectivity index (χ3v) is 6.22. The lowest BCUT2D eigenvalue weighted by atomic mass is 9.88. The van der Waals surface area contributed by atoms with Gasteiger partial charge in [-0.25, -0.2) is 0 Å². The standard InChI is InChI=1S/C22H22ClF3O5/c23-19-12(7-11-1-3-13(4-2-11)22(24,25)26)8-15(14-5-6-30-21(14)19)17-9-16(28)20(29)18(10-27)31-17/h1-4,8,16-18,20,27-29H,5-7,9-10H2/t16?,17?,18?,20-/m0/s1. The summed E-state index contributed by atoms with van der Waals surface area (Å²) in [6.45, 7) is -0.0213. The molecule has 4 atom stereocenters. The average molecular weight is 459 g/mol. The minimum Gasteiger partial charge on any atom is -0.491 e. The Balaban J connectivity index is 1.67. The van der Waals surface area contributed by atoms with Crippen LogP contribution >= 0.6 is 11.6 Å². The summed E-state index contributed by atoms with van der Waals surface area (Å²) in [5.74, 6) is 0.505. The maximum absolute atomic E-state index is 12.8. The van der Waals surface area contributed by atoms with Crippen molar-refractivity contribution in [3.63, 3.8) is 0 Å². The lowest BCUT2D eigenvalue weighted by molar-refractivity contribution is -0.181. The molecule has 2 aromatic carbocycles. The number of aliphatic hydroxyl groups is 3. The number of aliphatic hydroxyl groups excluding tert-OH is 3. The van der Waals surface area contributed by atoms with Gasteiger partial charge >= 0.3 is 6.18 Å². The van der Waals surface area contributed by atoms with Gasteiger partial charge < -0.3 is 24.8 Å². The predicted octanol–water partition coefficient (Wildman–Crippen LogP) is 3.43. The summed E-state index contributed by atoms with van der Waals surface area (Å²) in [5, 5.41) is 30.1. The molecule has 0 amide bonds. The Hall–Kier alpha value is -1.84. The molecule has 0 spiro atoms. The summed E-state index contributed by atoms with van der Waals surface area (Å²) in [6, 6.07) is 6.69. The van der Waals surface area contributed by atoms with E-state index in [1.165, 1.54) is 12.1 Å². The zero-order valence-electron chi connectivity index (χ0n) is 16.4. The first-order valence-electron chi connectivity index (χ1n) is 9.94. The van der Waals surface area contributed by atoms with Crippen LogP contribution in [0.3, 0.4) is 0 Å². The summed E-state index contributed by atoms with van der Waals surface area (Å²) in [5.41, 5.74) is 2.15. The summed E-state index contributed by atoms with van der Waals surface area (Å²) >= 11 is 6.55. The Bertz CT molecular complexity index is 948. The largest absolute Gasteiger partial charge is 0.491 e. The molecule has 2 aliphatic rings. The van der Waals surface area contributed by atoms with Crippen LogP contribution in [-0.4, -0.2) is 46.8 Å². The highest BCUT2D eigenvalue weighted by molar-refractivity contribution is 6.33. The van der Waals surface area contributed by atoms with E-state index in [1.807, 2.05) is 6.07 Å². The predicted molar refractivity (Wildman–Crippen MR) is 106 cm³/mol. The van der Waals surface area contributed by atoms with Gasteiger partial charge in [-0.3, -0.25) is 0 Å². The first-order chi connectivity index (χ1) is 14.7. The van der Waals surface area contributed by atoms with Crippen molar-refractivity contribution in [3.8, 4) is 5.75 Å². The van der Waals surface area contributed by atoms with E-state index < -0.39 is 42.8 Å². The van der Waals surface area contributed by atoms with Crippen LogP contribution in [0.1, 0.15) is 40.3 Å². The fraction of sp³-hybridized carbons (Fsp3) is 0.455. The molecule has 31 heavy (non-hydrogen) atoms. The molecular weight excluding hydrogens is 437 g/mol. The van der Waals surface area contributed by atoms with Crippen molar-refractivity contribution in [1.29, 1.82) is 0 Å². The Kier molecular flexibility index (Phi) is 6.20. The third-order valence-electron chi connectivity index (χ3n) is 5.80. The maximum atomic E-state index is 12.8. The number of hydrogen-bond acceptors (Lipinski definition) is 5. The number of alkyl halides is 3. The second-order valence-corrected chi connectivity index (χ2v) is 8.23. The second kappa shape index (κ2) is 8.60. The summed E-state index contributed by atoms with van der Waals surface area (Å²) in [4.78, 5) is 0. The van der Waals surface area contributed by atoms with Crippen LogP contribution in [0, 0.1) is 0 Å². The van der Waals surface area contributed by atoms with Crippen LogP contribution in [0.15, 0.2) is 30.3 Å². The minimum atomic E-state index is -4.41. The number of halogens is 4. The molecule has 0 bridgehead atoms. The second-order valence-electron chi connectivity index (χ2n) is 7.86. The van der Waals surface area contributed by atoms with Crippen LogP contribution in [0.25, 0.3) is 0 Å². The van der Waals surface area contributed by atoms with Gasteiger partial charge in [0.1, 0.15) is 18.0 Å². The monoisotopic (exact) mass is 458 g/mol. The molecule has 4 rings (SSSR count). The van der Waals surface area contributed by atoms with E-state index in [4.69, 9.17) is 21.1 Å². The van der Waals surface area contributed by atoms with Crippen LogP contribution in [0.4, 0.5) is 13.2 Å². The van der Waals surface area contributed by atoms with E-state index in [0.717, 1.165) is 23.3 Å². The van der Waals surface area contributed by atoms with Gasteiger partial charge in [-0.1, -0.05) is 29.8 Å². The highest BCUT2D eigenvalue weighted by atomic mass is 35.5. The van der Waals surface area contributed by atoms with Crippen LogP contribution in [-0.2, 0) is 23.8 Å². The molecule has 2 aliphatic heterocycles. The lowest BCUT2D eigenvalue weighted by Crippen LogP contribution is -2.47. The van der Waals surface area contributed by atoms with Crippen LogP contribution < -0.4 is 4.74 Å². The zero-order chi connectivity index (χ0) is 22.3. The zero-order valence-corrected chi connectivity index (χ0v) is 17.2. The van der Waals surface area contributed by atoms with Crippen molar-refractivity contribution in [1.82, 2.24) is 0 Å². The van der Waals surface area contributed by atoms with E-state index in [2.05, 4.69) is 0 Å². The van der Waals surface area contributed by atoms with Crippen molar-refractivity contribution in [3.05, 3.63) is 63.2 Å². The number of rotatable bonds is 4. The number of fused-ring (bicyclic) bond motifs is 1. The van der Waals surface area contributed by atoms with Gasteiger partial charge in [0.2, 0.25) is 0 Å². The third kappa shape index (κ3) is 4.40. The van der Waals surface area contributed by atoms with E-state index in [9.17, 15) is 28.5 Å². The molecule has 3 unspecified atom stereocenters. The molecule has 1 fully saturated rings. The Labute approximate surface area is 182 Å². The SMILES string of the molecule is OCC1OC(c2cc(Cc3ccc(C(F)(F)F)cc3)c(Cl)c3c2CCO3)CC(O)[C@@H]1O. The topological polar surface area (TPSA) is 79.2 Å². The van der Waals surface area contributed by atoms with Crippen molar-refractivity contribution in [2.24, 2.45) is 0 Å². The summed E-state index contributed by atoms with van der Waals surface area (Å²) in [6.07, 6.45) is -7.18. The number of benzene rings is 2. The van der Waals surface area contributed by atoms with Crippen molar-refractivity contribution in [2.75, 3.05) is 13.2 Å². The average Bonchev–Trinajstić information content (AvgIpc) is 3.22. The van der Waals surface area contributed by atoms with Gasteiger partial charge in [-0.2, -0.15) is 13.2 Å². The Morgan fingerprint density at radius 2 is 1.84 bits per heavy atom. The highest BCUT2D eigenvalue weighted by Crippen LogP contribution is 2.44. The molecule has 2 heterocycles. The molecular formula is C22H22ClF3O5. The summed E-state index contributed by atoms with van der Waals surface area (Å²) in [7, 11) is 0. The smallest absolute Gasteiger partial charge is 0.416 e. The van der Waals surface area contributed by atoms with E-state index >= 15 is 0 Å². The van der Waals surface area contributed by atoms with Crippen molar-refractivity contribution in [2.45, 2.75) is 49.9 Å². The van der Waals surface area contributed by atoms with Gasteiger partial charge in [0, 0.05) is 18.4 Å². The van der Waals surface area contributed by atoms with Crippen LogP contribution in [0.2, 0.25) is 5.02 Å². The van der Waals surface area contributed by atoms with Crippen molar-refractivity contribution >= 4 is 11.6 Å². The molecule has 0 aromatic heterocycles. The fourth-order valence-corrected chi connectivity index (χ4v) is 4.45. The first-order valence-corrected chi connectivity index (χ1v) is 10.3. The van der Waals surface area contributed by atoms with Gasteiger partial charge in [-0.15, -0.1) is 0 Å². The van der Waals surface area contributed by atoms with Gasteiger partial charge in [0.05, 0.1) is 36.0 Å². The number of ether oxygens (including phenoxy) is 2. The van der Waals surface area contributed by atoms with Gasteiger partial charge in [-0.05, 0) is 35.2 Å². The molecule has 0 aliphatic carbocycles. The molecule has 0 radical (unpaired) electrons. The molecule has 9 heteroatoms. The van der Waals surface area contributed by atoms with E-state index in [0.29, 0.717) is 34.9 Å². The quantitative estimate of drug-likeness (QED) is 0.654. The fourth-order valence-electron chi connectivity index (χ4n) is 4.16. The molecule has 3 N–H and O–H groups in total. The minimum absolute atomic E-state index is 0.130. The number of hydrogen-bond donors (Lipinski definition) is 3. The highest BCUT2D eigenvalue weighted by Gasteiger charge is 2.39. The maximum Gasteiger partial charge on any atom is 0.416 e.